The molecule has 2 aromatic carbocycles. The van der Waals surface area contributed by atoms with Gasteiger partial charge in [0, 0.05) is 18.2 Å². The maximum Gasteiger partial charge on any atom is 0.335 e. The van der Waals surface area contributed by atoms with E-state index in [1.807, 2.05) is 37.3 Å². The van der Waals surface area contributed by atoms with Crippen LogP contribution < -0.4 is 10.1 Å². The van der Waals surface area contributed by atoms with E-state index >= 15 is 0 Å². The van der Waals surface area contributed by atoms with Crippen molar-refractivity contribution in [3.63, 3.8) is 0 Å². The van der Waals surface area contributed by atoms with Crippen molar-refractivity contribution >= 4 is 5.97 Å². The Balaban J connectivity index is 2.00. The molecule has 2 N–H and O–H groups in total. The first kappa shape index (κ1) is 16.0. The summed E-state index contributed by atoms with van der Waals surface area (Å²) in [6, 6.07) is 15.0. The topological polar surface area (TPSA) is 58.6 Å². The van der Waals surface area contributed by atoms with Crippen LogP contribution in [0.15, 0.2) is 48.5 Å². The lowest BCUT2D eigenvalue weighted by atomic mass is 10.1. The molecule has 0 radical (unpaired) electrons. The molecule has 4 nitrogen and oxygen atoms in total. The van der Waals surface area contributed by atoms with Gasteiger partial charge in [0.05, 0.1) is 12.2 Å². The molecule has 0 saturated carbocycles. The molecule has 2 rings (SSSR count). The Hall–Kier alpha value is -2.33. The SMILES string of the molecule is CCOc1ccccc1C(C)NCc1ccc(C(=O)O)cc1. The second kappa shape index (κ2) is 7.61. The number of hydrogen-bond acceptors (Lipinski definition) is 3. The fourth-order valence-electron chi connectivity index (χ4n) is 2.27. The summed E-state index contributed by atoms with van der Waals surface area (Å²) in [4.78, 5) is 10.8. The molecule has 0 spiro atoms. The smallest absolute Gasteiger partial charge is 0.335 e. The molecule has 0 aliphatic carbocycles. The minimum Gasteiger partial charge on any atom is -0.494 e. The fraction of sp³-hybridized carbons (Fsp3) is 0.278. The first-order chi connectivity index (χ1) is 10.6. The van der Waals surface area contributed by atoms with Crippen LogP contribution in [0.1, 0.15) is 41.4 Å². The minimum atomic E-state index is -0.904. The van der Waals surface area contributed by atoms with Gasteiger partial charge in [-0.2, -0.15) is 0 Å². The first-order valence-corrected chi connectivity index (χ1v) is 7.39. The van der Waals surface area contributed by atoms with Crippen molar-refractivity contribution in [3.05, 3.63) is 65.2 Å². The standard InChI is InChI=1S/C18H21NO3/c1-3-22-17-7-5-4-6-16(17)13(2)19-12-14-8-10-15(11-9-14)18(20)21/h4-11,13,19H,3,12H2,1-2H3,(H,20,21). The second-order valence-corrected chi connectivity index (χ2v) is 5.08. The molecule has 2 aromatic rings. The molecule has 0 aromatic heterocycles. The summed E-state index contributed by atoms with van der Waals surface area (Å²) in [5, 5.41) is 12.3. The van der Waals surface area contributed by atoms with Gasteiger partial charge in [0.2, 0.25) is 0 Å². The molecule has 116 valence electrons. The van der Waals surface area contributed by atoms with Gasteiger partial charge in [-0.15, -0.1) is 0 Å². The molecule has 0 heterocycles. The van der Waals surface area contributed by atoms with Crippen LogP contribution in [0.5, 0.6) is 5.75 Å². The Morgan fingerprint density at radius 3 is 2.50 bits per heavy atom. The van der Waals surface area contributed by atoms with Gasteiger partial charge in [-0.1, -0.05) is 30.3 Å². The number of rotatable bonds is 7. The van der Waals surface area contributed by atoms with Crippen LogP contribution in [-0.4, -0.2) is 17.7 Å². The number of para-hydroxylation sites is 1. The quantitative estimate of drug-likeness (QED) is 0.819. The summed E-state index contributed by atoms with van der Waals surface area (Å²) in [5.74, 6) is -0.00950. The molecule has 0 bridgehead atoms. The lowest BCUT2D eigenvalue weighted by Gasteiger charge is -2.18. The Bertz CT molecular complexity index is 622. The Morgan fingerprint density at radius 2 is 1.86 bits per heavy atom. The van der Waals surface area contributed by atoms with E-state index in [2.05, 4.69) is 18.3 Å². The van der Waals surface area contributed by atoms with Crippen LogP contribution in [0.25, 0.3) is 0 Å². The lowest BCUT2D eigenvalue weighted by Crippen LogP contribution is -2.19. The van der Waals surface area contributed by atoms with E-state index in [0.717, 1.165) is 16.9 Å². The molecule has 4 heteroatoms. The molecule has 22 heavy (non-hydrogen) atoms. The van der Waals surface area contributed by atoms with E-state index in [1.165, 1.54) is 0 Å². The third-order valence-electron chi connectivity index (χ3n) is 3.50. The molecular formula is C18H21NO3. The number of carboxylic acids is 1. The minimum absolute atomic E-state index is 0.141. The normalized spacial score (nSPS) is 11.9. The van der Waals surface area contributed by atoms with Crippen LogP contribution in [0, 0.1) is 0 Å². The zero-order chi connectivity index (χ0) is 15.9. The molecular weight excluding hydrogens is 278 g/mol. The fourth-order valence-corrected chi connectivity index (χ4v) is 2.27. The Labute approximate surface area is 130 Å². The average Bonchev–Trinajstić information content (AvgIpc) is 2.54. The van der Waals surface area contributed by atoms with Crippen LogP contribution in [-0.2, 0) is 6.54 Å². The van der Waals surface area contributed by atoms with Crippen LogP contribution >= 0.6 is 0 Å². The molecule has 0 fully saturated rings. The van der Waals surface area contributed by atoms with Gasteiger partial charge in [-0.3, -0.25) is 0 Å². The summed E-state index contributed by atoms with van der Waals surface area (Å²) in [5.41, 5.74) is 2.47. The Kier molecular flexibility index (Phi) is 5.55. The Morgan fingerprint density at radius 1 is 1.18 bits per heavy atom. The number of aromatic carboxylic acids is 1. The first-order valence-electron chi connectivity index (χ1n) is 7.39. The highest BCUT2D eigenvalue weighted by Crippen LogP contribution is 2.25. The van der Waals surface area contributed by atoms with Crippen molar-refractivity contribution in [2.24, 2.45) is 0 Å². The summed E-state index contributed by atoms with van der Waals surface area (Å²) in [6.07, 6.45) is 0. The molecule has 1 atom stereocenters. The van der Waals surface area contributed by atoms with Crippen LogP contribution in [0.4, 0.5) is 0 Å². The summed E-state index contributed by atoms with van der Waals surface area (Å²) < 4.78 is 5.65. The zero-order valence-corrected chi connectivity index (χ0v) is 12.9. The molecule has 0 aliphatic rings. The highest BCUT2D eigenvalue weighted by molar-refractivity contribution is 5.87. The third kappa shape index (κ3) is 4.09. The van der Waals surface area contributed by atoms with E-state index in [1.54, 1.807) is 12.1 Å². The van der Waals surface area contributed by atoms with Gasteiger partial charge >= 0.3 is 5.97 Å². The molecule has 0 saturated heterocycles. The van der Waals surface area contributed by atoms with E-state index in [0.29, 0.717) is 18.7 Å². The van der Waals surface area contributed by atoms with Crippen molar-refractivity contribution in [3.8, 4) is 5.75 Å². The maximum atomic E-state index is 10.8. The predicted octanol–water partition coefficient (Wildman–Crippen LogP) is 3.63. The van der Waals surface area contributed by atoms with Crippen molar-refractivity contribution in [1.82, 2.24) is 5.32 Å². The summed E-state index contributed by atoms with van der Waals surface area (Å²) in [7, 11) is 0. The van der Waals surface area contributed by atoms with E-state index in [9.17, 15) is 4.79 Å². The number of carboxylic acid groups (broad SMARTS) is 1. The van der Waals surface area contributed by atoms with Crippen molar-refractivity contribution < 1.29 is 14.6 Å². The van der Waals surface area contributed by atoms with E-state index < -0.39 is 5.97 Å². The number of nitrogens with one attached hydrogen (secondary N) is 1. The molecule has 0 amide bonds. The lowest BCUT2D eigenvalue weighted by molar-refractivity contribution is 0.0697. The number of ether oxygens (including phenoxy) is 1. The van der Waals surface area contributed by atoms with Crippen molar-refractivity contribution in [2.45, 2.75) is 26.4 Å². The molecule has 1 unspecified atom stereocenters. The zero-order valence-electron chi connectivity index (χ0n) is 12.9. The van der Waals surface area contributed by atoms with Gasteiger partial charge < -0.3 is 15.2 Å². The average molecular weight is 299 g/mol. The van der Waals surface area contributed by atoms with Crippen molar-refractivity contribution in [1.29, 1.82) is 0 Å². The number of hydrogen-bond donors (Lipinski definition) is 2. The second-order valence-electron chi connectivity index (χ2n) is 5.08. The summed E-state index contributed by atoms with van der Waals surface area (Å²) in [6.45, 7) is 5.37. The van der Waals surface area contributed by atoms with Gasteiger partial charge in [0.15, 0.2) is 0 Å². The van der Waals surface area contributed by atoms with Gasteiger partial charge in [-0.05, 0) is 37.6 Å². The van der Waals surface area contributed by atoms with Crippen LogP contribution in [0.2, 0.25) is 0 Å². The van der Waals surface area contributed by atoms with E-state index in [-0.39, 0.29) is 6.04 Å². The number of benzene rings is 2. The monoisotopic (exact) mass is 299 g/mol. The maximum absolute atomic E-state index is 10.8. The summed E-state index contributed by atoms with van der Waals surface area (Å²) >= 11 is 0. The molecule has 0 aliphatic heterocycles. The predicted molar refractivity (Wildman–Crippen MR) is 86.3 cm³/mol. The third-order valence-corrected chi connectivity index (χ3v) is 3.50. The largest absolute Gasteiger partial charge is 0.494 e. The highest BCUT2D eigenvalue weighted by atomic mass is 16.5. The van der Waals surface area contributed by atoms with Gasteiger partial charge in [-0.25, -0.2) is 4.79 Å². The van der Waals surface area contributed by atoms with Crippen molar-refractivity contribution in [2.75, 3.05) is 6.61 Å². The van der Waals surface area contributed by atoms with Gasteiger partial charge in [0.25, 0.3) is 0 Å². The van der Waals surface area contributed by atoms with E-state index in [4.69, 9.17) is 9.84 Å². The highest BCUT2D eigenvalue weighted by Gasteiger charge is 2.10. The van der Waals surface area contributed by atoms with Crippen LogP contribution in [0.3, 0.4) is 0 Å². The number of carbonyl (C=O) groups is 1. The van der Waals surface area contributed by atoms with Gasteiger partial charge in [0.1, 0.15) is 5.75 Å².